The number of hydrogen-bond donors (Lipinski definition) is 0. The van der Waals surface area contributed by atoms with Gasteiger partial charge >= 0.3 is 0 Å². The molecular weight excluding hydrogens is 736 g/mol. The normalized spacial score (nSPS) is 12.2. The van der Waals surface area contributed by atoms with Gasteiger partial charge < -0.3 is 9.30 Å². The number of hydrogen-bond acceptors (Lipinski definition) is 2. The zero-order valence-electron chi connectivity index (χ0n) is 26.8. The quantitative estimate of drug-likeness (QED) is 0.167. The number of para-hydroxylation sites is 3. The molecule has 0 aliphatic heterocycles. The van der Waals surface area contributed by atoms with E-state index in [0.717, 1.165) is 44.5 Å². The molecule has 0 bridgehead atoms. The first-order chi connectivity index (χ1) is 21.0. The van der Waals surface area contributed by atoms with Gasteiger partial charge in [0.2, 0.25) is 0 Å². The maximum atomic E-state index is 6.73. The first kappa shape index (κ1) is 30.8. The summed E-state index contributed by atoms with van der Waals surface area (Å²) >= 11 is 0. The third-order valence-electron chi connectivity index (χ3n) is 8.36. The average Bonchev–Trinajstić information content (AvgIpc) is 3.50. The summed E-state index contributed by atoms with van der Waals surface area (Å²) in [6.45, 7) is 13.3. The molecule has 0 aliphatic carbocycles. The van der Waals surface area contributed by atoms with Crippen LogP contribution in [0.2, 0.25) is 0 Å². The maximum Gasteiger partial charge on any atom is 0.188 e. The number of ether oxygens (including phenoxy) is 1. The fourth-order valence-corrected chi connectivity index (χ4v) is 6.00. The molecule has 0 atom stereocenters. The van der Waals surface area contributed by atoms with E-state index >= 15 is 0 Å². The summed E-state index contributed by atoms with van der Waals surface area (Å²) < 4.78 is 13.2. The molecule has 45 heavy (non-hydrogen) atoms. The van der Waals surface area contributed by atoms with Gasteiger partial charge in [-0.25, -0.2) is 14.1 Å². The van der Waals surface area contributed by atoms with Gasteiger partial charge in [0, 0.05) is 69.1 Å². The Morgan fingerprint density at radius 2 is 1.44 bits per heavy atom. The van der Waals surface area contributed by atoms with E-state index in [1.54, 1.807) is 0 Å². The number of nitrogens with zero attached hydrogens (tertiary/aromatic N) is 4. The van der Waals surface area contributed by atoms with Gasteiger partial charge in [-0.3, -0.25) is 0 Å². The maximum absolute atomic E-state index is 6.73. The number of benzene rings is 4. The number of aryl methyl sites for hydroxylation is 1. The summed E-state index contributed by atoms with van der Waals surface area (Å²) in [5.74, 6) is 2.20. The monoisotopic (exact) mass is 772 g/mol. The van der Waals surface area contributed by atoms with Crippen molar-refractivity contribution in [1.82, 2.24) is 18.7 Å². The van der Waals surface area contributed by atoms with Gasteiger partial charge in [-0.15, -0.1) is 29.1 Å². The van der Waals surface area contributed by atoms with E-state index in [1.807, 2.05) is 18.3 Å². The van der Waals surface area contributed by atoms with Gasteiger partial charge in [0.15, 0.2) is 17.4 Å². The molecule has 6 heteroatoms. The summed E-state index contributed by atoms with van der Waals surface area (Å²) in [4.78, 5) is 4.84. The van der Waals surface area contributed by atoms with Crippen LogP contribution in [0.1, 0.15) is 52.7 Å². The molecule has 0 aliphatic rings. The van der Waals surface area contributed by atoms with Crippen molar-refractivity contribution in [2.45, 2.75) is 52.4 Å². The van der Waals surface area contributed by atoms with E-state index in [4.69, 9.17) is 9.72 Å². The fourth-order valence-electron chi connectivity index (χ4n) is 6.00. The summed E-state index contributed by atoms with van der Waals surface area (Å²) in [7, 11) is 2.06. The van der Waals surface area contributed by atoms with Crippen molar-refractivity contribution in [1.29, 1.82) is 0 Å². The Morgan fingerprint density at radius 1 is 0.733 bits per heavy atom. The zero-order chi connectivity index (χ0) is 30.8. The number of fused-ring (bicyclic) bond motifs is 4. The standard InChI is InChI=1S/C39H37N4O.Pt/c1-38(2,3)26-19-20-40-37(21-26)43-32-16-9-8-15-29(32)30-23-31(39(4,5)6)36(24-35(30)43)44-28-14-12-13-27(22-28)42-25-41(7)33-17-10-11-18-34(33)42;/h8-21,23,25H,1-7H3;/q-1;. The van der Waals surface area contributed by atoms with Gasteiger partial charge in [-0.1, -0.05) is 76.7 Å². The van der Waals surface area contributed by atoms with Crippen LogP contribution in [0, 0.1) is 12.1 Å². The number of rotatable bonds is 4. The Kier molecular flexibility index (Phi) is 7.73. The molecule has 0 amide bonds. The Labute approximate surface area is 279 Å². The second-order valence-corrected chi connectivity index (χ2v) is 13.6. The van der Waals surface area contributed by atoms with E-state index in [-0.39, 0.29) is 31.9 Å². The number of pyridine rings is 1. The second kappa shape index (κ2) is 11.3. The van der Waals surface area contributed by atoms with Crippen molar-refractivity contribution in [2.24, 2.45) is 7.05 Å². The van der Waals surface area contributed by atoms with E-state index in [1.165, 1.54) is 10.9 Å². The van der Waals surface area contributed by atoms with Gasteiger partial charge in [0.1, 0.15) is 5.82 Å². The topological polar surface area (TPSA) is 36.9 Å². The van der Waals surface area contributed by atoms with Gasteiger partial charge in [0.05, 0.1) is 0 Å². The molecule has 0 spiro atoms. The van der Waals surface area contributed by atoms with Crippen LogP contribution in [-0.4, -0.2) is 18.7 Å². The predicted molar refractivity (Wildman–Crippen MR) is 180 cm³/mol. The molecule has 7 aromatic rings. The summed E-state index contributed by atoms with van der Waals surface area (Å²) in [5, 5.41) is 2.30. The summed E-state index contributed by atoms with van der Waals surface area (Å²) in [6, 6.07) is 36.7. The van der Waals surface area contributed by atoms with Crippen molar-refractivity contribution in [3.63, 3.8) is 0 Å². The van der Waals surface area contributed by atoms with Crippen molar-refractivity contribution >= 4 is 32.8 Å². The van der Waals surface area contributed by atoms with Crippen LogP contribution in [0.4, 0.5) is 0 Å². The molecule has 4 aromatic carbocycles. The molecule has 3 heterocycles. The molecule has 5 nitrogen and oxygen atoms in total. The van der Waals surface area contributed by atoms with Crippen LogP contribution < -0.4 is 4.74 Å². The molecular formula is C39H37N4OPt-. The third-order valence-corrected chi connectivity index (χ3v) is 8.36. The first-order valence-corrected chi connectivity index (χ1v) is 15.1. The average molecular weight is 773 g/mol. The Hall–Kier alpha value is -4.21. The molecule has 0 radical (unpaired) electrons. The molecule has 230 valence electrons. The largest absolute Gasteiger partial charge is 0.508 e. The van der Waals surface area contributed by atoms with Crippen molar-refractivity contribution < 1.29 is 25.8 Å². The Morgan fingerprint density at radius 3 is 2.18 bits per heavy atom. The third kappa shape index (κ3) is 5.48. The smallest absolute Gasteiger partial charge is 0.188 e. The molecule has 0 fully saturated rings. The molecule has 3 aromatic heterocycles. The van der Waals surface area contributed by atoms with Gasteiger partial charge in [0.25, 0.3) is 0 Å². The van der Waals surface area contributed by atoms with Crippen LogP contribution in [0.3, 0.4) is 0 Å². The van der Waals surface area contributed by atoms with Crippen molar-refractivity contribution in [3.05, 3.63) is 121 Å². The van der Waals surface area contributed by atoms with Crippen molar-refractivity contribution in [3.8, 4) is 23.0 Å². The summed E-state index contributed by atoms with van der Waals surface area (Å²) in [5.41, 5.74) is 7.33. The van der Waals surface area contributed by atoms with Crippen LogP contribution in [-0.2, 0) is 38.9 Å². The van der Waals surface area contributed by atoms with Gasteiger partial charge in [-0.05, 0) is 46.7 Å². The summed E-state index contributed by atoms with van der Waals surface area (Å²) in [6.07, 6.45) is 3.99. The molecule has 0 N–H and O–H groups in total. The fraction of sp³-hybridized carbons (Fsp3) is 0.231. The van der Waals surface area contributed by atoms with Gasteiger partial charge in [-0.2, -0.15) is 12.1 Å². The van der Waals surface area contributed by atoms with E-state index in [0.29, 0.717) is 11.5 Å². The van der Waals surface area contributed by atoms with E-state index < -0.39 is 0 Å². The van der Waals surface area contributed by atoms with E-state index in [9.17, 15) is 0 Å². The predicted octanol–water partition coefficient (Wildman–Crippen LogP) is 9.73. The minimum Gasteiger partial charge on any atom is -0.508 e. The van der Waals surface area contributed by atoms with Crippen LogP contribution >= 0.6 is 0 Å². The first-order valence-electron chi connectivity index (χ1n) is 15.1. The van der Waals surface area contributed by atoms with Crippen LogP contribution in [0.5, 0.6) is 11.5 Å². The van der Waals surface area contributed by atoms with E-state index in [2.05, 4.69) is 154 Å². The molecule has 0 unspecified atom stereocenters. The Bertz CT molecular complexity index is 2190. The number of aromatic nitrogens is 4. The number of imidazole rings is 1. The molecule has 7 rings (SSSR count). The Balaban J connectivity index is 0.00000357. The minimum atomic E-state index is -0.185. The van der Waals surface area contributed by atoms with Crippen molar-refractivity contribution in [2.75, 3.05) is 0 Å². The van der Waals surface area contributed by atoms with Crippen LogP contribution in [0.25, 0.3) is 44.3 Å². The molecule has 0 saturated heterocycles. The minimum absolute atomic E-state index is 0. The SMILES string of the molecule is Cn1[cH+]n(-c2[c-]c(Oc3[c-]c4c(cc3C(C)(C)C)c3ccccc3n4-c3cc(C(C)(C)C)ccn3)ccc2)c2ccccc21.[Pt]. The second-order valence-electron chi connectivity index (χ2n) is 13.6. The van der Waals surface area contributed by atoms with Crippen LogP contribution in [0.15, 0.2) is 97.5 Å². The zero-order valence-corrected chi connectivity index (χ0v) is 29.0. The molecule has 0 saturated carbocycles.